The van der Waals surface area contributed by atoms with Gasteiger partial charge in [0.05, 0.1) is 6.54 Å². The predicted molar refractivity (Wildman–Crippen MR) is 107 cm³/mol. The van der Waals surface area contributed by atoms with Gasteiger partial charge in [0, 0.05) is 56.0 Å². The number of halogens is 1. The topological polar surface area (TPSA) is 75.6 Å². The van der Waals surface area contributed by atoms with Crippen LogP contribution >= 0.6 is 0 Å². The van der Waals surface area contributed by atoms with Crippen LogP contribution in [0.1, 0.15) is 5.56 Å². The lowest BCUT2D eigenvalue weighted by Gasteiger charge is -2.36. The Morgan fingerprint density at radius 3 is 2.57 bits per heavy atom. The second-order valence-electron chi connectivity index (χ2n) is 6.58. The molecule has 144 valence electrons. The molecule has 7 nitrogen and oxygen atoms in total. The highest BCUT2D eigenvalue weighted by molar-refractivity contribution is 5.78. The molecule has 3 aromatic rings. The number of anilines is 1. The molecule has 1 aromatic carbocycles. The maximum absolute atomic E-state index is 13.1. The first-order valence-corrected chi connectivity index (χ1v) is 9.18. The number of guanidine groups is 1. The molecule has 0 amide bonds. The molecule has 0 spiro atoms. The molecule has 0 aliphatic carbocycles. The number of nitrogens with zero attached hydrogens (tertiary/aromatic N) is 6. The average molecular weight is 379 g/mol. The van der Waals surface area contributed by atoms with E-state index in [4.69, 9.17) is 5.73 Å². The molecule has 1 saturated heterocycles. The van der Waals surface area contributed by atoms with Crippen molar-refractivity contribution in [3.8, 4) is 5.82 Å². The number of pyridine rings is 1. The zero-order chi connectivity index (χ0) is 19.3. The Balaban J connectivity index is 1.39. The zero-order valence-electron chi connectivity index (χ0n) is 15.4. The number of hydrogen-bond acceptors (Lipinski definition) is 4. The standard InChI is InChI=1S/C20H22FN7/c21-17-3-5-18(6-4-17)26-10-12-27(13-11-26)20(22)25-14-16-2-1-7-24-19(16)28-9-8-23-15-28/h1-9,15H,10-14H2,(H2,22,25). The third-order valence-corrected chi connectivity index (χ3v) is 4.82. The molecule has 2 aromatic heterocycles. The summed E-state index contributed by atoms with van der Waals surface area (Å²) in [6.45, 7) is 3.62. The minimum atomic E-state index is -0.218. The first-order chi connectivity index (χ1) is 13.7. The van der Waals surface area contributed by atoms with Crippen molar-refractivity contribution in [2.75, 3.05) is 31.1 Å². The number of rotatable bonds is 4. The van der Waals surface area contributed by atoms with Crippen LogP contribution in [0.15, 0.2) is 66.3 Å². The van der Waals surface area contributed by atoms with Crippen LogP contribution in [0.3, 0.4) is 0 Å². The summed E-state index contributed by atoms with van der Waals surface area (Å²) < 4.78 is 15.0. The van der Waals surface area contributed by atoms with Gasteiger partial charge in [-0.05, 0) is 30.3 Å². The zero-order valence-corrected chi connectivity index (χ0v) is 15.4. The SMILES string of the molecule is NC(=NCc1cccnc1-n1ccnc1)N1CCN(c2ccc(F)cc2)CC1. The van der Waals surface area contributed by atoms with Gasteiger partial charge in [0.1, 0.15) is 18.0 Å². The maximum Gasteiger partial charge on any atom is 0.191 e. The third-order valence-electron chi connectivity index (χ3n) is 4.82. The predicted octanol–water partition coefficient (Wildman–Crippen LogP) is 2.04. The fourth-order valence-electron chi connectivity index (χ4n) is 3.28. The van der Waals surface area contributed by atoms with E-state index < -0.39 is 0 Å². The summed E-state index contributed by atoms with van der Waals surface area (Å²) in [7, 11) is 0. The minimum absolute atomic E-state index is 0.218. The average Bonchev–Trinajstić information content (AvgIpc) is 3.28. The van der Waals surface area contributed by atoms with E-state index in [2.05, 4.69) is 24.8 Å². The number of nitrogens with two attached hydrogens (primary N) is 1. The van der Waals surface area contributed by atoms with Gasteiger partial charge in [0.2, 0.25) is 0 Å². The Morgan fingerprint density at radius 1 is 1.07 bits per heavy atom. The third kappa shape index (κ3) is 3.95. The van der Waals surface area contributed by atoms with Gasteiger partial charge >= 0.3 is 0 Å². The molecular formula is C20H22FN7. The van der Waals surface area contributed by atoms with Gasteiger partial charge in [-0.1, -0.05) is 6.07 Å². The Kier molecular flexibility index (Phi) is 5.18. The molecule has 1 aliphatic heterocycles. The Labute approximate surface area is 163 Å². The summed E-state index contributed by atoms with van der Waals surface area (Å²) in [6.07, 6.45) is 7.04. The lowest BCUT2D eigenvalue weighted by atomic mass is 10.2. The highest BCUT2D eigenvalue weighted by Gasteiger charge is 2.18. The number of aromatic nitrogens is 3. The van der Waals surface area contributed by atoms with Crippen molar-refractivity contribution in [2.45, 2.75) is 6.54 Å². The molecule has 0 atom stereocenters. The van der Waals surface area contributed by atoms with Crippen molar-refractivity contribution in [3.05, 3.63) is 72.7 Å². The number of piperazine rings is 1. The summed E-state index contributed by atoms with van der Waals surface area (Å²) in [6, 6.07) is 10.5. The second kappa shape index (κ2) is 8.08. The first-order valence-electron chi connectivity index (χ1n) is 9.18. The summed E-state index contributed by atoms with van der Waals surface area (Å²) >= 11 is 0. The number of imidazole rings is 1. The lowest BCUT2D eigenvalue weighted by Crippen LogP contribution is -2.51. The molecule has 0 bridgehead atoms. The van der Waals surface area contributed by atoms with Crippen molar-refractivity contribution in [1.29, 1.82) is 0 Å². The summed E-state index contributed by atoms with van der Waals surface area (Å²) in [5.41, 5.74) is 8.24. The largest absolute Gasteiger partial charge is 0.370 e. The van der Waals surface area contributed by atoms with Crippen LogP contribution in [-0.2, 0) is 6.54 Å². The molecule has 0 saturated carbocycles. The molecule has 4 rings (SSSR count). The highest BCUT2D eigenvalue weighted by Crippen LogP contribution is 2.17. The van der Waals surface area contributed by atoms with Crippen LogP contribution in [0, 0.1) is 5.82 Å². The van der Waals surface area contributed by atoms with Gasteiger partial charge in [0.25, 0.3) is 0 Å². The van der Waals surface area contributed by atoms with E-state index in [1.165, 1.54) is 12.1 Å². The monoisotopic (exact) mass is 379 g/mol. The van der Waals surface area contributed by atoms with Crippen molar-refractivity contribution < 1.29 is 4.39 Å². The molecule has 28 heavy (non-hydrogen) atoms. The van der Waals surface area contributed by atoms with Crippen LogP contribution in [0.4, 0.5) is 10.1 Å². The van der Waals surface area contributed by atoms with Gasteiger partial charge in [-0.2, -0.15) is 0 Å². The van der Waals surface area contributed by atoms with E-state index in [-0.39, 0.29) is 5.82 Å². The van der Waals surface area contributed by atoms with Crippen molar-refractivity contribution in [3.63, 3.8) is 0 Å². The van der Waals surface area contributed by atoms with Crippen LogP contribution in [-0.4, -0.2) is 51.6 Å². The van der Waals surface area contributed by atoms with Gasteiger partial charge < -0.3 is 15.5 Å². The van der Waals surface area contributed by atoms with E-state index in [0.717, 1.165) is 43.2 Å². The Bertz CT molecular complexity index is 929. The van der Waals surface area contributed by atoms with E-state index in [0.29, 0.717) is 12.5 Å². The van der Waals surface area contributed by atoms with Gasteiger partial charge in [-0.3, -0.25) is 4.57 Å². The molecule has 0 radical (unpaired) electrons. The fraction of sp³-hybridized carbons (Fsp3) is 0.250. The number of hydrogen-bond donors (Lipinski definition) is 1. The lowest BCUT2D eigenvalue weighted by molar-refractivity contribution is 0.380. The molecule has 3 heterocycles. The summed E-state index contributed by atoms with van der Waals surface area (Å²) in [5, 5.41) is 0. The van der Waals surface area contributed by atoms with Gasteiger partial charge in [-0.25, -0.2) is 19.4 Å². The van der Waals surface area contributed by atoms with Gasteiger partial charge in [0.15, 0.2) is 5.96 Å². The van der Waals surface area contributed by atoms with E-state index >= 15 is 0 Å². The van der Waals surface area contributed by atoms with Crippen LogP contribution in [0.2, 0.25) is 0 Å². The molecular weight excluding hydrogens is 357 g/mol. The van der Waals surface area contributed by atoms with Crippen molar-refractivity contribution in [1.82, 2.24) is 19.4 Å². The van der Waals surface area contributed by atoms with Crippen molar-refractivity contribution >= 4 is 11.6 Å². The number of aliphatic imine (C=N–C) groups is 1. The second-order valence-corrected chi connectivity index (χ2v) is 6.58. The highest BCUT2D eigenvalue weighted by atomic mass is 19.1. The Hall–Kier alpha value is -3.42. The van der Waals surface area contributed by atoms with E-state index in [9.17, 15) is 4.39 Å². The van der Waals surface area contributed by atoms with Crippen LogP contribution in [0.5, 0.6) is 0 Å². The van der Waals surface area contributed by atoms with Crippen molar-refractivity contribution in [2.24, 2.45) is 10.7 Å². The number of benzene rings is 1. The minimum Gasteiger partial charge on any atom is -0.370 e. The molecule has 0 unspecified atom stereocenters. The summed E-state index contributed by atoms with van der Waals surface area (Å²) in [4.78, 5) is 17.4. The quantitative estimate of drug-likeness (QED) is 0.555. The van der Waals surface area contributed by atoms with Crippen LogP contribution < -0.4 is 10.6 Å². The fourth-order valence-corrected chi connectivity index (χ4v) is 3.28. The Morgan fingerprint density at radius 2 is 1.86 bits per heavy atom. The van der Waals surface area contributed by atoms with Gasteiger partial charge in [-0.15, -0.1) is 0 Å². The molecule has 2 N–H and O–H groups in total. The smallest absolute Gasteiger partial charge is 0.191 e. The molecule has 8 heteroatoms. The normalized spacial score (nSPS) is 15.1. The summed E-state index contributed by atoms with van der Waals surface area (Å²) in [5.74, 6) is 1.11. The molecule has 1 aliphatic rings. The maximum atomic E-state index is 13.1. The molecule has 1 fully saturated rings. The van der Waals surface area contributed by atoms with E-state index in [1.807, 2.05) is 35.0 Å². The van der Waals surface area contributed by atoms with Crippen LogP contribution in [0.25, 0.3) is 5.82 Å². The first kappa shape index (κ1) is 18.0. The van der Waals surface area contributed by atoms with E-state index in [1.54, 1.807) is 18.7 Å².